The molecule has 1 aromatic rings. The molecule has 0 fully saturated rings. The topological polar surface area (TPSA) is 26.0 Å². The first-order valence-corrected chi connectivity index (χ1v) is 1.34. The molecule has 0 aliphatic heterocycles. The van der Waals surface area contributed by atoms with Crippen LogP contribution in [-0.2, 0) is 0 Å². The summed E-state index contributed by atoms with van der Waals surface area (Å²) < 4.78 is 4.33. The van der Waals surface area contributed by atoms with Crippen LogP contribution < -0.4 is 0 Å². The molecule has 0 radical (unpaired) electrons. The monoisotopic (exact) mass is 105 g/mol. The molecular formula is C3H4ClNO. The highest BCUT2D eigenvalue weighted by Gasteiger charge is 1.60. The van der Waals surface area contributed by atoms with Gasteiger partial charge < -0.3 is 4.52 Å². The number of hydrogen-bond donors (Lipinski definition) is 0. The normalized spacial score (nSPS) is 6.67. The molecule has 0 saturated heterocycles. The summed E-state index contributed by atoms with van der Waals surface area (Å²) in [5.41, 5.74) is 0. The second-order valence-corrected chi connectivity index (χ2v) is 0.688. The third kappa shape index (κ3) is 1.08. The average Bonchev–Trinajstić information content (AvgIpc) is 1.76. The van der Waals surface area contributed by atoms with Crippen LogP contribution in [0, 0.1) is 0 Å². The van der Waals surface area contributed by atoms with E-state index in [1.165, 1.54) is 6.26 Å². The fraction of sp³-hybridized carbons (Fsp3) is 0. The zero-order chi connectivity index (χ0) is 3.54. The lowest BCUT2D eigenvalue weighted by Crippen LogP contribution is -1.38. The van der Waals surface area contributed by atoms with Gasteiger partial charge in [0, 0.05) is 0 Å². The minimum atomic E-state index is 0. The maximum atomic E-state index is 4.33. The fourth-order valence-electron chi connectivity index (χ4n) is 0.176. The Labute approximate surface area is 41.5 Å². The zero-order valence-electron chi connectivity index (χ0n) is 3.00. The van der Waals surface area contributed by atoms with E-state index in [1.54, 1.807) is 12.3 Å². The van der Waals surface area contributed by atoms with Gasteiger partial charge >= 0.3 is 0 Å². The predicted octanol–water partition coefficient (Wildman–Crippen LogP) is 1.10. The Kier molecular flexibility index (Phi) is 2.50. The highest BCUT2D eigenvalue weighted by molar-refractivity contribution is 5.85. The molecule has 0 amide bonds. The van der Waals surface area contributed by atoms with E-state index in [-0.39, 0.29) is 12.4 Å². The first kappa shape index (κ1) is 5.50. The van der Waals surface area contributed by atoms with Crippen molar-refractivity contribution < 1.29 is 4.52 Å². The molecule has 0 bridgehead atoms. The van der Waals surface area contributed by atoms with Gasteiger partial charge in [-0.2, -0.15) is 0 Å². The van der Waals surface area contributed by atoms with Crippen LogP contribution in [0.25, 0.3) is 0 Å². The van der Waals surface area contributed by atoms with Gasteiger partial charge in [0.2, 0.25) is 0 Å². The van der Waals surface area contributed by atoms with Crippen molar-refractivity contribution in [1.82, 2.24) is 5.16 Å². The van der Waals surface area contributed by atoms with Crippen LogP contribution in [0.4, 0.5) is 0 Å². The minimum absolute atomic E-state index is 0. The number of aromatic nitrogens is 1. The lowest BCUT2D eigenvalue weighted by atomic mass is 10.8. The Morgan fingerprint density at radius 3 is 2.50 bits per heavy atom. The van der Waals surface area contributed by atoms with E-state index in [4.69, 9.17) is 0 Å². The summed E-state index contributed by atoms with van der Waals surface area (Å²) in [6, 6.07) is 1.72. The van der Waals surface area contributed by atoms with Crippen LogP contribution in [0.2, 0.25) is 0 Å². The first-order valence-electron chi connectivity index (χ1n) is 1.34. The predicted molar refractivity (Wildman–Crippen MR) is 23.8 cm³/mol. The third-order valence-corrected chi connectivity index (χ3v) is 0.347. The Hall–Kier alpha value is -0.500. The largest absolute Gasteiger partial charge is 0.365 e. The Morgan fingerprint density at radius 1 is 1.50 bits per heavy atom. The Morgan fingerprint density at radius 2 is 2.33 bits per heavy atom. The lowest BCUT2D eigenvalue weighted by Gasteiger charge is -1.48. The Balaban J connectivity index is 0.000000250. The standard InChI is InChI=1S/C3H3NO.ClH/c1-2-4-5-3-1;/h1-3H;1H. The number of nitrogens with zero attached hydrogens (tertiary/aromatic N) is 1. The number of halogens is 1. The fourth-order valence-corrected chi connectivity index (χ4v) is 0.176. The molecule has 3 heteroatoms. The SMILES string of the molecule is Cl.c1cnoc1. The first-order chi connectivity index (χ1) is 2.50. The molecule has 1 aromatic heterocycles. The van der Waals surface area contributed by atoms with Gasteiger partial charge in [-0.25, -0.2) is 0 Å². The molecule has 0 spiro atoms. The van der Waals surface area contributed by atoms with Gasteiger partial charge in [0.15, 0.2) is 0 Å². The average molecular weight is 106 g/mol. The van der Waals surface area contributed by atoms with E-state index in [9.17, 15) is 0 Å². The van der Waals surface area contributed by atoms with Gasteiger partial charge in [-0.05, 0) is 6.07 Å². The van der Waals surface area contributed by atoms with Gasteiger partial charge in [0.1, 0.15) is 6.26 Å². The molecule has 0 N–H and O–H groups in total. The molecule has 0 aliphatic carbocycles. The smallest absolute Gasteiger partial charge is 0.123 e. The van der Waals surface area contributed by atoms with E-state index in [1.807, 2.05) is 0 Å². The highest BCUT2D eigenvalue weighted by atomic mass is 35.5. The molecule has 0 aliphatic rings. The molecule has 0 aromatic carbocycles. The molecule has 34 valence electrons. The van der Waals surface area contributed by atoms with Crippen LogP contribution in [0.3, 0.4) is 0 Å². The van der Waals surface area contributed by atoms with E-state index >= 15 is 0 Å². The van der Waals surface area contributed by atoms with Crippen molar-refractivity contribution >= 4 is 12.4 Å². The van der Waals surface area contributed by atoms with Gasteiger partial charge in [0.25, 0.3) is 0 Å². The summed E-state index contributed by atoms with van der Waals surface area (Å²) >= 11 is 0. The van der Waals surface area contributed by atoms with Crippen LogP contribution in [0.15, 0.2) is 23.0 Å². The zero-order valence-corrected chi connectivity index (χ0v) is 3.81. The summed E-state index contributed by atoms with van der Waals surface area (Å²) in [5.74, 6) is 0. The van der Waals surface area contributed by atoms with E-state index in [0.717, 1.165) is 0 Å². The Bertz CT molecular complexity index is 67.3. The molecule has 0 saturated carbocycles. The third-order valence-electron chi connectivity index (χ3n) is 0.347. The molecule has 2 nitrogen and oxygen atoms in total. The van der Waals surface area contributed by atoms with Gasteiger partial charge in [0.05, 0.1) is 6.20 Å². The summed E-state index contributed by atoms with van der Waals surface area (Å²) in [6.07, 6.45) is 3.10. The van der Waals surface area contributed by atoms with Gasteiger partial charge in [-0.3, -0.25) is 0 Å². The summed E-state index contributed by atoms with van der Waals surface area (Å²) in [6.45, 7) is 0. The van der Waals surface area contributed by atoms with E-state index in [0.29, 0.717) is 0 Å². The van der Waals surface area contributed by atoms with Gasteiger partial charge in [-0.1, -0.05) is 5.16 Å². The van der Waals surface area contributed by atoms with Crippen molar-refractivity contribution in [2.45, 2.75) is 0 Å². The molecule has 0 unspecified atom stereocenters. The van der Waals surface area contributed by atoms with Gasteiger partial charge in [-0.15, -0.1) is 12.4 Å². The molecule has 6 heavy (non-hydrogen) atoms. The van der Waals surface area contributed by atoms with Crippen molar-refractivity contribution in [2.75, 3.05) is 0 Å². The maximum Gasteiger partial charge on any atom is 0.123 e. The molecular weight excluding hydrogens is 101 g/mol. The second kappa shape index (κ2) is 2.72. The number of rotatable bonds is 0. The maximum absolute atomic E-state index is 4.33. The van der Waals surface area contributed by atoms with Crippen molar-refractivity contribution in [1.29, 1.82) is 0 Å². The van der Waals surface area contributed by atoms with Crippen molar-refractivity contribution in [3.05, 3.63) is 18.5 Å². The summed E-state index contributed by atoms with van der Waals surface area (Å²) in [5, 5.41) is 3.35. The quantitative estimate of drug-likeness (QED) is 0.494. The minimum Gasteiger partial charge on any atom is -0.365 e. The van der Waals surface area contributed by atoms with E-state index in [2.05, 4.69) is 9.68 Å². The second-order valence-electron chi connectivity index (χ2n) is 0.688. The summed E-state index contributed by atoms with van der Waals surface area (Å²) in [4.78, 5) is 0. The number of hydrogen-bond acceptors (Lipinski definition) is 2. The lowest BCUT2D eigenvalue weighted by molar-refractivity contribution is 0.420. The highest BCUT2D eigenvalue weighted by Crippen LogP contribution is 1.72. The molecule has 0 atom stereocenters. The van der Waals surface area contributed by atoms with Crippen molar-refractivity contribution in [3.8, 4) is 0 Å². The molecule has 1 rings (SSSR count). The van der Waals surface area contributed by atoms with Crippen LogP contribution in [0.5, 0.6) is 0 Å². The summed E-state index contributed by atoms with van der Waals surface area (Å²) in [7, 11) is 0. The van der Waals surface area contributed by atoms with Crippen LogP contribution >= 0.6 is 12.4 Å². The van der Waals surface area contributed by atoms with E-state index < -0.39 is 0 Å². The van der Waals surface area contributed by atoms with Crippen LogP contribution in [0.1, 0.15) is 0 Å². The molecule has 1 heterocycles. The van der Waals surface area contributed by atoms with Crippen molar-refractivity contribution in [3.63, 3.8) is 0 Å². The van der Waals surface area contributed by atoms with Crippen LogP contribution in [-0.4, -0.2) is 5.16 Å². The van der Waals surface area contributed by atoms with Crippen molar-refractivity contribution in [2.24, 2.45) is 0 Å².